The summed E-state index contributed by atoms with van der Waals surface area (Å²) >= 11 is 1.34. The van der Waals surface area contributed by atoms with Crippen molar-refractivity contribution in [3.05, 3.63) is 74.6 Å². The number of Topliss-reactive ketones (excluding diaryl/α,β-unsaturated/α-hetero) is 1. The average molecular weight is 449 g/mol. The molecule has 0 radical (unpaired) electrons. The van der Waals surface area contributed by atoms with Gasteiger partial charge in [-0.2, -0.15) is 4.98 Å². The highest BCUT2D eigenvalue weighted by Gasteiger charge is 2.16. The van der Waals surface area contributed by atoms with Crippen molar-refractivity contribution in [3.8, 4) is 11.3 Å². The molecular weight excluding hydrogens is 430 g/mol. The summed E-state index contributed by atoms with van der Waals surface area (Å²) in [5.41, 5.74) is 4.18. The number of nitro benzene ring substituents is 1. The minimum atomic E-state index is -0.458. The maximum Gasteiger partial charge on any atom is 0.269 e. The van der Waals surface area contributed by atoms with Crippen LogP contribution in [0.4, 0.5) is 11.6 Å². The Bertz CT molecular complexity index is 1340. The Hall–Kier alpha value is -3.92. The zero-order valence-corrected chi connectivity index (χ0v) is 18.2. The number of hydrogen-bond acceptors (Lipinski definition) is 7. The Morgan fingerprint density at radius 2 is 1.84 bits per heavy atom. The molecule has 0 atom stereocenters. The topological polar surface area (TPSA) is 120 Å². The van der Waals surface area contributed by atoms with Crippen LogP contribution in [-0.2, 0) is 4.79 Å². The molecule has 2 aromatic heterocycles. The van der Waals surface area contributed by atoms with Gasteiger partial charge in [-0.3, -0.25) is 25.0 Å². The molecule has 162 valence electrons. The van der Waals surface area contributed by atoms with Crippen LogP contribution >= 0.6 is 11.3 Å². The van der Waals surface area contributed by atoms with Crippen molar-refractivity contribution >= 4 is 39.6 Å². The minimum absolute atomic E-state index is 0.00195. The number of nitrogens with one attached hydrogen (secondary N) is 1. The number of carbonyl (C=O) groups excluding carboxylic acids is 2. The van der Waals surface area contributed by atoms with E-state index in [2.05, 4.69) is 15.4 Å². The molecule has 32 heavy (non-hydrogen) atoms. The van der Waals surface area contributed by atoms with E-state index in [1.54, 1.807) is 22.7 Å². The van der Waals surface area contributed by atoms with Gasteiger partial charge < -0.3 is 0 Å². The van der Waals surface area contributed by atoms with E-state index >= 15 is 0 Å². The van der Waals surface area contributed by atoms with Crippen molar-refractivity contribution in [2.24, 2.45) is 0 Å². The van der Waals surface area contributed by atoms with Crippen molar-refractivity contribution in [2.45, 2.75) is 26.7 Å². The molecule has 10 heteroatoms. The fourth-order valence-corrected chi connectivity index (χ4v) is 3.99. The first-order valence-corrected chi connectivity index (χ1v) is 10.7. The Morgan fingerprint density at radius 1 is 1.09 bits per heavy atom. The number of fused-ring (bicyclic) bond motifs is 1. The first kappa shape index (κ1) is 21.3. The molecular formula is C22H19N5O4S. The fourth-order valence-electron chi connectivity index (χ4n) is 3.16. The van der Waals surface area contributed by atoms with Gasteiger partial charge in [-0.15, -0.1) is 16.4 Å². The number of non-ortho nitro benzene ring substituents is 1. The van der Waals surface area contributed by atoms with Gasteiger partial charge >= 0.3 is 0 Å². The van der Waals surface area contributed by atoms with Crippen LogP contribution in [0, 0.1) is 24.0 Å². The third-order valence-corrected chi connectivity index (χ3v) is 5.93. The molecule has 2 aromatic carbocycles. The van der Waals surface area contributed by atoms with E-state index in [0.717, 1.165) is 16.7 Å². The summed E-state index contributed by atoms with van der Waals surface area (Å²) in [7, 11) is 0. The number of rotatable bonds is 7. The lowest BCUT2D eigenvalue weighted by molar-refractivity contribution is -0.384. The first-order valence-electron chi connectivity index (χ1n) is 9.81. The third-order valence-electron chi connectivity index (χ3n) is 5.11. The maximum absolute atomic E-state index is 12.4. The van der Waals surface area contributed by atoms with Gasteiger partial charge in [-0.25, -0.2) is 4.52 Å². The van der Waals surface area contributed by atoms with Crippen LogP contribution in [0.15, 0.2) is 47.8 Å². The second-order valence-electron chi connectivity index (χ2n) is 7.33. The number of anilines is 1. The summed E-state index contributed by atoms with van der Waals surface area (Å²) in [5.74, 6) is -0.302. The molecule has 0 unspecified atom stereocenters. The van der Waals surface area contributed by atoms with Gasteiger partial charge in [0, 0.05) is 41.5 Å². The van der Waals surface area contributed by atoms with Gasteiger partial charge in [0.05, 0.1) is 10.6 Å². The van der Waals surface area contributed by atoms with Crippen LogP contribution in [-0.4, -0.2) is 31.2 Å². The van der Waals surface area contributed by atoms with E-state index < -0.39 is 4.92 Å². The molecule has 2 heterocycles. The molecule has 9 nitrogen and oxygen atoms in total. The van der Waals surface area contributed by atoms with E-state index in [1.807, 2.05) is 31.4 Å². The Kier molecular flexibility index (Phi) is 5.78. The van der Waals surface area contributed by atoms with Gasteiger partial charge in [0.2, 0.25) is 16.8 Å². The van der Waals surface area contributed by atoms with E-state index in [9.17, 15) is 19.7 Å². The SMILES string of the molecule is Cc1ccc(C(=O)CCC(=O)Nc2nc3scc(-c4ccc([N+](=O)[O-])cc4)n3n2)cc1C. The zero-order chi connectivity index (χ0) is 22.8. The molecule has 4 rings (SSSR count). The summed E-state index contributed by atoms with van der Waals surface area (Å²) in [6.07, 6.45) is 0.110. The molecule has 0 saturated carbocycles. The molecule has 1 N–H and O–H groups in total. The van der Waals surface area contributed by atoms with Crippen LogP contribution in [0.25, 0.3) is 16.2 Å². The van der Waals surface area contributed by atoms with Crippen molar-refractivity contribution < 1.29 is 14.5 Å². The maximum atomic E-state index is 12.4. The molecule has 0 aliphatic heterocycles. The number of aryl methyl sites for hydroxylation is 2. The van der Waals surface area contributed by atoms with Crippen molar-refractivity contribution in [2.75, 3.05) is 5.32 Å². The van der Waals surface area contributed by atoms with E-state index in [4.69, 9.17) is 0 Å². The Morgan fingerprint density at radius 3 is 2.53 bits per heavy atom. The number of amides is 1. The molecule has 0 spiro atoms. The molecule has 1 amide bonds. The smallest absolute Gasteiger partial charge is 0.269 e. The van der Waals surface area contributed by atoms with Gasteiger partial charge in [0.1, 0.15) is 0 Å². The highest BCUT2D eigenvalue weighted by atomic mass is 32.1. The average Bonchev–Trinajstić information content (AvgIpc) is 3.34. The predicted octanol–water partition coefficient (Wildman–Crippen LogP) is 4.58. The largest absolute Gasteiger partial charge is 0.294 e. The lowest BCUT2D eigenvalue weighted by Crippen LogP contribution is -2.14. The second kappa shape index (κ2) is 8.67. The standard InChI is InChI=1S/C22H19N5O4S/c1-13-3-4-16(11-14(13)2)19(28)9-10-20(29)23-21-24-22-26(25-21)18(12-32-22)15-5-7-17(8-6-15)27(30)31/h3-8,11-12H,9-10H2,1-2H3,(H,23,25,29). The summed E-state index contributed by atoms with van der Waals surface area (Å²) in [6.45, 7) is 3.92. The second-order valence-corrected chi connectivity index (χ2v) is 8.16. The van der Waals surface area contributed by atoms with Crippen molar-refractivity contribution in [3.63, 3.8) is 0 Å². The number of carbonyl (C=O) groups is 2. The van der Waals surface area contributed by atoms with E-state index in [0.29, 0.717) is 16.2 Å². The van der Waals surface area contributed by atoms with Gasteiger partial charge in [-0.05, 0) is 43.2 Å². The van der Waals surface area contributed by atoms with Gasteiger partial charge in [0.25, 0.3) is 5.69 Å². The van der Waals surface area contributed by atoms with Crippen LogP contribution in [0.2, 0.25) is 0 Å². The monoisotopic (exact) mass is 449 g/mol. The lowest BCUT2D eigenvalue weighted by atomic mass is 10.0. The molecule has 4 aromatic rings. The Labute approximate surface area is 186 Å². The highest BCUT2D eigenvalue weighted by molar-refractivity contribution is 7.15. The summed E-state index contributed by atoms with van der Waals surface area (Å²) in [6, 6.07) is 11.6. The summed E-state index contributed by atoms with van der Waals surface area (Å²) in [5, 5.41) is 19.6. The number of nitro groups is 1. The van der Waals surface area contributed by atoms with Crippen molar-refractivity contribution in [1.29, 1.82) is 0 Å². The fraction of sp³-hybridized carbons (Fsp3) is 0.182. The van der Waals surface area contributed by atoms with Crippen LogP contribution < -0.4 is 5.32 Å². The van der Waals surface area contributed by atoms with Crippen LogP contribution in [0.1, 0.15) is 34.3 Å². The lowest BCUT2D eigenvalue weighted by Gasteiger charge is -2.05. The number of ketones is 1. The summed E-state index contributed by atoms with van der Waals surface area (Å²) in [4.78, 5) is 39.9. The number of thiazole rings is 1. The Balaban J connectivity index is 1.42. The molecule has 0 aliphatic carbocycles. The van der Waals surface area contributed by atoms with Gasteiger partial charge in [0.15, 0.2) is 5.78 Å². The molecule has 0 fully saturated rings. The van der Waals surface area contributed by atoms with E-state index in [-0.39, 0.29) is 36.2 Å². The first-order chi connectivity index (χ1) is 15.3. The molecule has 0 aliphatic rings. The molecule has 0 bridgehead atoms. The number of nitrogens with zero attached hydrogens (tertiary/aromatic N) is 4. The van der Waals surface area contributed by atoms with Gasteiger partial charge in [-0.1, -0.05) is 12.1 Å². The number of hydrogen-bond donors (Lipinski definition) is 1. The van der Waals surface area contributed by atoms with Crippen LogP contribution in [0.3, 0.4) is 0 Å². The van der Waals surface area contributed by atoms with Crippen molar-refractivity contribution in [1.82, 2.24) is 14.6 Å². The molecule has 0 saturated heterocycles. The number of aromatic nitrogens is 3. The minimum Gasteiger partial charge on any atom is -0.294 e. The normalized spacial score (nSPS) is 10.9. The van der Waals surface area contributed by atoms with E-state index in [1.165, 1.54) is 23.5 Å². The summed E-state index contributed by atoms with van der Waals surface area (Å²) < 4.78 is 1.57. The third kappa shape index (κ3) is 4.40. The predicted molar refractivity (Wildman–Crippen MR) is 121 cm³/mol. The quantitative estimate of drug-likeness (QED) is 0.250. The highest BCUT2D eigenvalue weighted by Crippen LogP contribution is 2.27. The zero-order valence-electron chi connectivity index (χ0n) is 17.4. The number of benzene rings is 2. The van der Waals surface area contributed by atoms with Crippen LogP contribution in [0.5, 0.6) is 0 Å².